The first-order valence-electron chi connectivity index (χ1n) is 10.1. The normalized spacial score (nSPS) is 15.1. The summed E-state index contributed by atoms with van der Waals surface area (Å²) in [6.07, 6.45) is 0. The van der Waals surface area contributed by atoms with Gasteiger partial charge in [0.2, 0.25) is 5.95 Å². The van der Waals surface area contributed by atoms with E-state index in [2.05, 4.69) is 22.4 Å². The van der Waals surface area contributed by atoms with Gasteiger partial charge in [-0.2, -0.15) is 5.26 Å². The number of nitrogens with zero attached hydrogens (tertiary/aromatic N) is 4. The Balaban J connectivity index is 1.81. The van der Waals surface area contributed by atoms with E-state index in [1.54, 1.807) is 17.7 Å². The van der Waals surface area contributed by atoms with Crippen LogP contribution in [0.15, 0.2) is 41.2 Å². The number of benzene rings is 2. The molecular weight excluding hydrogens is 378 g/mol. The van der Waals surface area contributed by atoms with E-state index < -0.39 is 0 Å². The molecule has 30 heavy (non-hydrogen) atoms. The summed E-state index contributed by atoms with van der Waals surface area (Å²) >= 11 is 0. The maximum Gasteiger partial charge on any atom is 0.262 e. The summed E-state index contributed by atoms with van der Waals surface area (Å²) < 4.78 is 7.08. The van der Waals surface area contributed by atoms with Crippen LogP contribution in [0.25, 0.3) is 10.9 Å². The van der Waals surface area contributed by atoms with Crippen molar-refractivity contribution in [3.05, 3.63) is 63.4 Å². The minimum Gasteiger partial charge on any atom is -0.378 e. The molecule has 1 aliphatic rings. The summed E-state index contributed by atoms with van der Waals surface area (Å²) in [4.78, 5) is 20.2. The lowest BCUT2D eigenvalue weighted by Crippen LogP contribution is -2.40. The standard InChI is InChI=1S/C23H25N5O2/c1-15-11-19(16(2)25-18-6-4-5-17(13-18)14-24)21-20(12-15)22(29)27(3)23(26-21)28-7-9-30-10-8-28/h4-6,11-13,16,25H,7-10H2,1-3H3. The molecule has 3 aromatic rings. The molecule has 0 radical (unpaired) electrons. The highest BCUT2D eigenvalue weighted by Gasteiger charge is 2.21. The Labute approximate surface area is 175 Å². The fourth-order valence-electron chi connectivity index (χ4n) is 3.92. The SMILES string of the molecule is Cc1cc(C(C)Nc2cccc(C#N)c2)c2nc(N3CCOCC3)n(C)c(=O)c2c1. The van der Waals surface area contributed by atoms with Gasteiger partial charge in [0.1, 0.15) is 0 Å². The van der Waals surface area contributed by atoms with Crippen molar-refractivity contribution in [3.63, 3.8) is 0 Å². The first kappa shape index (κ1) is 19.9. The van der Waals surface area contributed by atoms with Crippen molar-refractivity contribution < 1.29 is 4.74 Å². The molecule has 0 bridgehead atoms. The van der Waals surface area contributed by atoms with E-state index in [1.807, 2.05) is 38.1 Å². The van der Waals surface area contributed by atoms with Crippen molar-refractivity contribution in [2.24, 2.45) is 7.05 Å². The number of ether oxygens (including phenoxy) is 1. The number of rotatable bonds is 4. The summed E-state index contributed by atoms with van der Waals surface area (Å²) in [7, 11) is 1.77. The highest BCUT2D eigenvalue weighted by molar-refractivity contribution is 5.84. The van der Waals surface area contributed by atoms with Gasteiger partial charge in [-0.25, -0.2) is 4.98 Å². The Morgan fingerprint density at radius 2 is 2.00 bits per heavy atom. The molecule has 2 aromatic carbocycles. The molecule has 1 aliphatic heterocycles. The second-order valence-corrected chi connectivity index (χ2v) is 7.68. The summed E-state index contributed by atoms with van der Waals surface area (Å²) in [5.41, 5.74) is 4.08. The minimum atomic E-state index is -0.0986. The second kappa shape index (κ2) is 8.17. The van der Waals surface area contributed by atoms with Crippen molar-refractivity contribution in [1.82, 2.24) is 9.55 Å². The fraction of sp³-hybridized carbons (Fsp3) is 0.348. The first-order chi connectivity index (χ1) is 14.5. The van der Waals surface area contributed by atoms with E-state index in [4.69, 9.17) is 15.0 Å². The van der Waals surface area contributed by atoms with Crippen molar-refractivity contribution in [1.29, 1.82) is 5.26 Å². The maximum absolute atomic E-state index is 13.2. The molecule has 7 heteroatoms. The number of hydrogen-bond acceptors (Lipinski definition) is 6. The number of anilines is 2. The number of morpholine rings is 1. The minimum absolute atomic E-state index is 0.0508. The van der Waals surface area contributed by atoms with E-state index in [0.717, 1.165) is 16.8 Å². The van der Waals surface area contributed by atoms with E-state index >= 15 is 0 Å². The van der Waals surface area contributed by atoms with Gasteiger partial charge in [0.25, 0.3) is 5.56 Å². The summed E-state index contributed by atoms with van der Waals surface area (Å²) in [5.74, 6) is 0.666. The molecule has 0 spiro atoms. The number of nitrogens with one attached hydrogen (secondary N) is 1. The number of aromatic nitrogens is 2. The van der Waals surface area contributed by atoms with Crippen LogP contribution in [-0.4, -0.2) is 35.9 Å². The van der Waals surface area contributed by atoms with Gasteiger partial charge in [-0.15, -0.1) is 0 Å². The molecular formula is C23H25N5O2. The average Bonchev–Trinajstić information content (AvgIpc) is 2.76. The molecule has 7 nitrogen and oxygen atoms in total. The molecule has 1 atom stereocenters. The molecule has 154 valence electrons. The Bertz CT molecular complexity index is 1190. The molecule has 4 rings (SSSR count). The third-order valence-electron chi connectivity index (χ3n) is 5.47. The summed E-state index contributed by atoms with van der Waals surface area (Å²) in [6.45, 7) is 6.70. The van der Waals surface area contributed by atoms with Gasteiger partial charge in [-0.05, 0) is 43.7 Å². The summed E-state index contributed by atoms with van der Waals surface area (Å²) in [6, 6.07) is 13.4. The number of hydrogen-bond donors (Lipinski definition) is 1. The zero-order chi connectivity index (χ0) is 21.3. The number of fused-ring (bicyclic) bond motifs is 1. The molecule has 2 heterocycles. The molecule has 1 fully saturated rings. The Morgan fingerprint density at radius 3 is 2.73 bits per heavy atom. The van der Waals surface area contributed by atoms with Gasteiger partial charge in [0.05, 0.1) is 41.8 Å². The predicted octanol–water partition coefficient (Wildman–Crippen LogP) is 3.12. The van der Waals surface area contributed by atoms with Gasteiger partial charge < -0.3 is 15.0 Å². The van der Waals surface area contributed by atoms with Crippen molar-refractivity contribution in [2.75, 3.05) is 36.5 Å². The van der Waals surface area contributed by atoms with Gasteiger partial charge in [0.15, 0.2) is 0 Å². The van der Waals surface area contributed by atoms with Gasteiger partial charge >= 0.3 is 0 Å². The third-order valence-corrected chi connectivity index (χ3v) is 5.47. The van der Waals surface area contributed by atoms with E-state index in [-0.39, 0.29) is 11.6 Å². The van der Waals surface area contributed by atoms with Crippen LogP contribution in [0.4, 0.5) is 11.6 Å². The predicted molar refractivity (Wildman–Crippen MR) is 118 cm³/mol. The first-order valence-corrected chi connectivity index (χ1v) is 10.1. The molecule has 1 unspecified atom stereocenters. The molecule has 1 aromatic heterocycles. The topological polar surface area (TPSA) is 83.2 Å². The number of nitriles is 1. The molecule has 0 amide bonds. The maximum atomic E-state index is 13.2. The van der Waals surface area contributed by atoms with Crippen molar-refractivity contribution in [2.45, 2.75) is 19.9 Å². The van der Waals surface area contributed by atoms with Gasteiger partial charge in [-0.3, -0.25) is 9.36 Å². The van der Waals surface area contributed by atoms with E-state index in [0.29, 0.717) is 48.7 Å². The smallest absolute Gasteiger partial charge is 0.262 e. The Hall–Kier alpha value is -3.37. The third kappa shape index (κ3) is 3.74. The van der Waals surface area contributed by atoms with E-state index in [9.17, 15) is 4.79 Å². The highest BCUT2D eigenvalue weighted by Crippen LogP contribution is 2.28. The van der Waals surface area contributed by atoms with Crippen LogP contribution in [-0.2, 0) is 11.8 Å². The van der Waals surface area contributed by atoms with Crippen molar-refractivity contribution in [3.8, 4) is 6.07 Å². The van der Waals surface area contributed by atoms with Crippen LogP contribution >= 0.6 is 0 Å². The second-order valence-electron chi connectivity index (χ2n) is 7.68. The van der Waals surface area contributed by atoms with Crippen LogP contribution in [0.1, 0.15) is 29.7 Å². The van der Waals surface area contributed by atoms with Gasteiger partial charge in [0, 0.05) is 31.4 Å². The van der Waals surface area contributed by atoms with E-state index in [1.165, 1.54) is 0 Å². The number of aryl methyl sites for hydroxylation is 1. The molecule has 0 saturated carbocycles. The zero-order valence-corrected chi connectivity index (χ0v) is 17.5. The lowest BCUT2D eigenvalue weighted by molar-refractivity contribution is 0.121. The Kier molecular flexibility index (Phi) is 5.42. The lowest BCUT2D eigenvalue weighted by atomic mass is 10.0. The average molecular weight is 403 g/mol. The molecule has 1 saturated heterocycles. The molecule has 1 N–H and O–H groups in total. The lowest BCUT2D eigenvalue weighted by Gasteiger charge is -2.29. The molecule has 0 aliphatic carbocycles. The van der Waals surface area contributed by atoms with Crippen LogP contribution in [0, 0.1) is 18.3 Å². The van der Waals surface area contributed by atoms with Crippen LogP contribution < -0.4 is 15.8 Å². The largest absolute Gasteiger partial charge is 0.378 e. The fourth-order valence-corrected chi connectivity index (χ4v) is 3.92. The summed E-state index contributed by atoms with van der Waals surface area (Å²) in [5, 5.41) is 13.2. The van der Waals surface area contributed by atoms with Gasteiger partial charge in [-0.1, -0.05) is 12.1 Å². The van der Waals surface area contributed by atoms with Crippen LogP contribution in [0.2, 0.25) is 0 Å². The zero-order valence-electron chi connectivity index (χ0n) is 17.5. The Morgan fingerprint density at radius 1 is 1.23 bits per heavy atom. The van der Waals surface area contributed by atoms with Crippen molar-refractivity contribution >= 4 is 22.5 Å². The monoisotopic (exact) mass is 403 g/mol. The highest BCUT2D eigenvalue weighted by atomic mass is 16.5. The quantitative estimate of drug-likeness (QED) is 0.721. The van der Waals surface area contributed by atoms with Crippen LogP contribution in [0.5, 0.6) is 0 Å². The van der Waals surface area contributed by atoms with Crippen LogP contribution in [0.3, 0.4) is 0 Å².